The van der Waals surface area contributed by atoms with Gasteiger partial charge in [0.25, 0.3) is 0 Å². The number of halogens is 2. The first-order valence-electron chi connectivity index (χ1n) is 6.76. The minimum atomic E-state index is -1.23. The van der Waals surface area contributed by atoms with Gasteiger partial charge >= 0.3 is 0 Å². The molecule has 0 aliphatic carbocycles. The topological polar surface area (TPSA) is 58.2 Å². The standard InChI is InChI=1S/C15H20Cl2N2O2/c1-5-9(2)18-13(20)15(3,4)14(21)19-12-10(16)7-6-8-11(12)17/h6-9H,5H2,1-4H3,(H,18,20)(H,19,21). The average Bonchev–Trinajstić information content (AvgIpc) is 2.42. The highest BCUT2D eigenvalue weighted by atomic mass is 35.5. The molecule has 0 heterocycles. The summed E-state index contributed by atoms with van der Waals surface area (Å²) < 4.78 is 0. The zero-order valence-corrected chi connectivity index (χ0v) is 14.1. The fourth-order valence-electron chi connectivity index (χ4n) is 1.50. The molecule has 1 atom stereocenters. The van der Waals surface area contributed by atoms with E-state index in [1.165, 1.54) is 0 Å². The van der Waals surface area contributed by atoms with Crippen LogP contribution in [0.25, 0.3) is 0 Å². The second kappa shape index (κ2) is 7.14. The molecule has 0 saturated carbocycles. The predicted octanol–water partition coefficient (Wildman–Crippen LogP) is 3.87. The van der Waals surface area contributed by atoms with Crippen LogP contribution in [0, 0.1) is 5.41 Å². The van der Waals surface area contributed by atoms with Crippen LogP contribution in [0.2, 0.25) is 10.0 Å². The summed E-state index contributed by atoms with van der Waals surface area (Å²) in [7, 11) is 0. The highest BCUT2D eigenvalue weighted by Crippen LogP contribution is 2.31. The molecule has 0 fully saturated rings. The Morgan fingerprint density at radius 1 is 1.19 bits per heavy atom. The van der Waals surface area contributed by atoms with Crippen LogP contribution in [-0.4, -0.2) is 17.9 Å². The molecule has 6 heteroatoms. The molecule has 0 spiro atoms. The zero-order valence-electron chi connectivity index (χ0n) is 12.6. The van der Waals surface area contributed by atoms with Crippen molar-refractivity contribution in [2.75, 3.05) is 5.32 Å². The van der Waals surface area contributed by atoms with Crippen LogP contribution in [0.5, 0.6) is 0 Å². The summed E-state index contributed by atoms with van der Waals surface area (Å²) in [6.45, 7) is 6.97. The van der Waals surface area contributed by atoms with E-state index >= 15 is 0 Å². The third-order valence-electron chi connectivity index (χ3n) is 3.33. The normalized spacial score (nSPS) is 12.7. The van der Waals surface area contributed by atoms with Crippen molar-refractivity contribution in [2.45, 2.75) is 40.2 Å². The molecule has 2 amide bonds. The molecule has 1 aromatic carbocycles. The van der Waals surface area contributed by atoms with Crippen LogP contribution in [0.1, 0.15) is 34.1 Å². The maximum Gasteiger partial charge on any atom is 0.239 e. The minimum absolute atomic E-state index is 0.00785. The van der Waals surface area contributed by atoms with Crippen LogP contribution in [-0.2, 0) is 9.59 Å². The van der Waals surface area contributed by atoms with E-state index in [0.717, 1.165) is 6.42 Å². The van der Waals surface area contributed by atoms with Gasteiger partial charge in [0.1, 0.15) is 5.41 Å². The zero-order chi connectivity index (χ0) is 16.2. The molecule has 116 valence electrons. The van der Waals surface area contributed by atoms with Gasteiger partial charge in [0.05, 0.1) is 15.7 Å². The Labute approximate surface area is 135 Å². The summed E-state index contributed by atoms with van der Waals surface area (Å²) in [4.78, 5) is 24.6. The second-order valence-corrected chi connectivity index (χ2v) is 6.27. The molecular weight excluding hydrogens is 311 g/mol. The number of hydrogen-bond donors (Lipinski definition) is 2. The van der Waals surface area contributed by atoms with Gasteiger partial charge in [-0.1, -0.05) is 36.2 Å². The molecule has 21 heavy (non-hydrogen) atoms. The van der Waals surface area contributed by atoms with E-state index in [-0.39, 0.29) is 11.9 Å². The van der Waals surface area contributed by atoms with Gasteiger partial charge in [0.2, 0.25) is 11.8 Å². The van der Waals surface area contributed by atoms with Crippen LogP contribution in [0.3, 0.4) is 0 Å². The van der Waals surface area contributed by atoms with Gasteiger partial charge < -0.3 is 10.6 Å². The molecule has 1 unspecified atom stereocenters. The van der Waals surface area contributed by atoms with Gasteiger partial charge in [-0.2, -0.15) is 0 Å². The maximum atomic E-state index is 12.4. The van der Waals surface area contributed by atoms with E-state index in [4.69, 9.17) is 23.2 Å². The molecular formula is C15H20Cl2N2O2. The number of carbonyl (C=O) groups excluding carboxylic acids is 2. The van der Waals surface area contributed by atoms with E-state index in [0.29, 0.717) is 15.7 Å². The summed E-state index contributed by atoms with van der Waals surface area (Å²) in [5, 5.41) is 6.08. The first-order chi connectivity index (χ1) is 9.70. The van der Waals surface area contributed by atoms with Gasteiger partial charge in [0, 0.05) is 6.04 Å². The van der Waals surface area contributed by atoms with E-state index in [2.05, 4.69) is 10.6 Å². The number of benzene rings is 1. The lowest BCUT2D eigenvalue weighted by Gasteiger charge is -2.25. The Balaban J connectivity index is 2.89. The smallest absolute Gasteiger partial charge is 0.239 e. The van der Waals surface area contributed by atoms with Crippen LogP contribution in [0.4, 0.5) is 5.69 Å². The maximum absolute atomic E-state index is 12.4. The highest BCUT2D eigenvalue weighted by Gasteiger charge is 2.37. The highest BCUT2D eigenvalue weighted by molar-refractivity contribution is 6.40. The number of nitrogens with one attached hydrogen (secondary N) is 2. The Hall–Kier alpha value is -1.26. The van der Waals surface area contributed by atoms with Crippen molar-refractivity contribution in [1.29, 1.82) is 0 Å². The largest absolute Gasteiger partial charge is 0.353 e. The van der Waals surface area contributed by atoms with Gasteiger partial charge in [0.15, 0.2) is 0 Å². The molecule has 1 aromatic rings. The molecule has 0 radical (unpaired) electrons. The van der Waals surface area contributed by atoms with Gasteiger partial charge in [-0.05, 0) is 39.3 Å². The molecule has 0 aliphatic heterocycles. The molecule has 4 nitrogen and oxygen atoms in total. The molecule has 0 bridgehead atoms. The summed E-state index contributed by atoms with van der Waals surface area (Å²) in [5.41, 5.74) is -0.915. The van der Waals surface area contributed by atoms with E-state index < -0.39 is 11.3 Å². The Bertz CT molecular complexity index is 524. The first kappa shape index (κ1) is 17.8. The molecule has 2 N–H and O–H groups in total. The van der Waals surface area contributed by atoms with Crippen molar-refractivity contribution >= 4 is 40.7 Å². The summed E-state index contributed by atoms with van der Waals surface area (Å²) in [6, 6.07) is 4.93. The van der Waals surface area contributed by atoms with Crippen LogP contribution < -0.4 is 10.6 Å². The van der Waals surface area contributed by atoms with Crippen molar-refractivity contribution in [3.8, 4) is 0 Å². The minimum Gasteiger partial charge on any atom is -0.353 e. The molecule has 1 rings (SSSR count). The fourth-order valence-corrected chi connectivity index (χ4v) is 1.99. The fraction of sp³-hybridized carbons (Fsp3) is 0.467. The van der Waals surface area contributed by atoms with Crippen molar-refractivity contribution in [2.24, 2.45) is 5.41 Å². The third-order valence-corrected chi connectivity index (χ3v) is 3.96. The van der Waals surface area contributed by atoms with Crippen LogP contribution in [0.15, 0.2) is 18.2 Å². The lowest BCUT2D eigenvalue weighted by molar-refractivity contribution is -0.138. The number of rotatable bonds is 5. The average molecular weight is 331 g/mol. The molecule has 0 saturated heterocycles. The van der Waals surface area contributed by atoms with Gasteiger partial charge in [-0.15, -0.1) is 0 Å². The Morgan fingerprint density at radius 2 is 1.71 bits per heavy atom. The summed E-state index contributed by atoms with van der Waals surface area (Å²) in [5.74, 6) is -0.796. The number of hydrogen-bond acceptors (Lipinski definition) is 2. The molecule has 0 aliphatic rings. The second-order valence-electron chi connectivity index (χ2n) is 5.46. The van der Waals surface area contributed by atoms with Gasteiger partial charge in [-0.25, -0.2) is 0 Å². The van der Waals surface area contributed by atoms with E-state index in [1.807, 2.05) is 13.8 Å². The number of anilines is 1. The predicted molar refractivity (Wildman–Crippen MR) is 86.8 cm³/mol. The van der Waals surface area contributed by atoms with Gasteiger partial charge in [-0.3, -0.25) is 9.59 Å². The third kappa shape index (κ3) is 4.35. The molecule has 0 aromatic heterocycles. The lowest BCUT2D eigenvalue weighted by atomic mass is 9.90. The monoisotopic (exact) mass is 330 g/mol. The number of para-hydroxylation sites is 1. The van der Waals surface area contributed by atoms with E-state index in [9.17, 15) is 9.59 Å². The van der Waals surface area contributed by atoms with Crippen molar-refractivity contribution < 1.29 is 9.59 Å². The van der Waals surface area contributed by atoms with Crippen LogP contribution >= 0.6 is 23.2 Å². The summed E-state index contributed by atoms with van der Waals surface area (Å²) >= 11 is 12.0. The Kier molecular flexibility index (Phi) is 6.05. The van der Waals surface area contributed by atoms with Crippen molar-refractivity contribution in [1.82, 2.24) is 5.32 Å². The van der Waals surface area contributed by atoms with Crippen molar-refractivity contribution in [3.05, 3.63) is 28.2 Å². The van der Waals surface area contributed by atoms with Crippen molar-refractivity contribution in [3.63, 3.8) is 0 Å². The first-order valence-corrected chi connectivity index (χ1v) is 7.52. The summed E-state index contributed by atoms with van der Waals surface area (Å²) in [6.07, 6.45) is 0.791. The Morgan fingerprint density at radius 3 is 2.19 bits per heavy atom. The SMILES string of the molecule is CCC(C)NC(=O)C(C)(C)C(=O)Nc1c(Cl)cccc1Cl. The quantitative estimate of drug-likeness (QED) is 0.805. The number of amides is 2. The van der Waals surface area contributed by atoms with E-state index in [1.54, 1.807) is 32.0 Å². The lowest BCUT2D eigenvalue weighted by Crippen LogP contribution is -2.47. The number of carbonyl (C=O) groups is 2.